The number of nitrogens with one attached hydrogen (secondary N) is 1. The van der Waals surface area contributed by atoms with E-state index in [1.807, 2.05) is 0 Å². The van der Waals surface area contributed by atoms with E-state index in [0.717, 1.165) is 0 Å². The Balaban J connectivity index is 2.07. The molecule has 2 aromatic rings. The number of pyridine rings is 1. The Labute approximate surface area is 155 Å². The van der Waals surface area contributed by atoms with Crippen LogP contribution in [0.3, 0.4) is 0 Å². The normalized spacial score (nSPS) is 11.5. The minimum atomic E-state index is -0.982. The van der Waals surface area contributed by atoms with Crippen LogP contribution >= 0.6 is 23.2 Å². The number of rotatable bonds is 6. The van der Waals surface area contributed by atoms with E-state index in [0.29, 0.717) is 22.9 Å². The van der Waals surface area contributed by atoms with Crippen molar-refractivity contribution < 1.29 is 19.1 Å². The number of carbonyl (C=O) groups excluding carboxylic acids is 2. The Morgan fingerprint density at radius 2 is 2.04 bits per heavy atom. The molecule has 8 heteroatoms. The van der Waals surface area contributed by atoms with Crippen LogP contribution in [0.2, 0.25) is 10.2 Å². The summed E-state index contributed by atoms with van der Waals surface area (Å²) in [5.41, 5.74) is 0.563. The van der Waals surface area contributed by atoms with E-state index in [1.54, 1.807) is 31.2 Å². The van der Waals surface area contributed by atoms with Crippen LogP contribution in [0.25, 0.3) is 0 Å². The van der Waals surface area contributed by atoms with Crippen LogP contribution in [0.15, 0.2) is 36.5 Å². The van der Waals surface area contributed by atoms with Gasteiger partial charge in [-0.1, -0.05) is 30.1 Å². The number of aromatic nitrogens is 1. The minimum absolute atomic E-state index is 0.0182. The molecular weight excluding hydrogens is 367 g/mol. The van der Waals surface area contributed by atoms with E-state index in [4.69, 9.17) is 32.7 Å². The van der Waals surface area contributed by atoms with Crippen molar-refractivity contribution in [2.75, 3.05) is 12.4 Å². The Hall–Kier alpha value is -2.31. The average Bonchev–Trinajstić information content (AvgIpc) is 2.60. The molecule has 1 aromatic heterocycles. The number of hydrogen-bond donors (Lipinski definition) is 1. The van der Waals surface area contributed by atoms with Crippen molar-refractivity contribution in [3.8, 4) is 5.75 Å². The molecule has 1 amide bonds. The van der Waals surface area contributed by atoms with Gasteiger partial charge < -0.3 is 14.8 Å². The largest absolute Gasteiger partial charge is 0.495 e. The molecule has 25 heavy (non-hydrogen) atoms. The molecule has 6 nitrogen and oxygen atoms in total. The first-order valence-corrected chi connectivity index (χ1v) is 8.17. The van der Waals surface area contributed by atoms with Gasteiger partial charge in [0.2, 0.25) is 0 Å². The van der Waals surface area contributed by atoms with Crippen LogP contribution < -0.4 is 10.1 Å². The van der Waals surface area contributed by atoms with Crippen LogP contribution in [0.5, 0.6) is 5.75 Å². The standard InChI is InChI=1S/C17H16Cl2N2O4/c1-3-13(25-17(23)11-5-4-8-20-15(11)19)16(22)21-10-6-7-14(24-2)12(18)9-10/h4-9,13H,3H2,1-2H3,(H,21,22). The maximum absolute atomic E-state index is 12.3. The Morgan fingerprint density at radius 1 is 1.28 bits per heavy atom. The topological polar surface area (TPSA) is 77.5 Å². The number of anilines is 1. The van der Waals surface area contributed by atoms with E-state index < -0.39 is 18.0 Å². The minimum Gasteiger partial charge on any atom is -0.495 e. The number of ether oxygens (including phenoxy) is 2. The van der Waals surface area contributed by atoms with Gasteiger partial charge in [0.05, 0.1) is 17.7 Å². The van der Waals surface area contributed by atoms with Crippen LogP contribution in [-0.4, -0.2) is 30.1 Å². The highest BCUT2D eigenvalue weighted by Gasteiger charge is 2.23. The molecule has 0 saturated heterocycles. The van der Waals surface area contributed by atoms with E-state index >= 15 is 0 Å². The average molecular weight is 383 g/mol. The van der Waals surface area contributed by atoms with Gasteiger partial charge in [-0.2, -0.15) is 0 Å². The molecule has 0 bridgehead atoms. The lowest BCUT2D eigenvalue weighted by Crippen LogP contribution is -2.32. The lowest BCUT2D eigenvalue weighted by Gasteiger charge is -2.16. The summed E-state index contributed by atoms with van der Waals surface area (Å²) in [6.07, 6.45) is 0.764. The third-order valence-corrected chi connectivity index (χ3v) is 3.91. The first kappa shape index (κ1) is 19.0. The van der Waals surface area contributed by atoms with E-state index in [-0.39, 0.29) is 10.7 Å². The Bertz CT molecular complexity index is 783. The van der Waals surface area contributed by atoms with Crippen LogP contribution in [0.4, 0.5) is 5.69 Å². The number of benzene rings is 1. The van der Waals surface area contributed by atoms with Crippen molar-refractivity contribution in [1.29, 1.82) is 0 Å². The molecule has 132 valence electrons. The van der Waals surface area contributed by atoms with Gasteiger partial charge in [0.25, 0.3) is 5.91 Å². The summed E-state index contributed by atoms with van der Waals surface area (Å²) in [5.74, 6) is -0.700. The van der Waals surface area contributed by atoms with Crippen molar-refractivity contribution in [2.45, 2.75) is 19.4 Å². The number of methoxy groups -OCH3 is 1. The molecule has 0 radical (unpaired) electrons. The van der Waals surface area contributed by atoms with Crippen molar-refractivity contribution in [1.82, 2.24) is 4.98 Å². The van der Waals surface area contributed by atoms with E-state index in [2.05, 4.69) is 10.3 Å². The number of halogens is 2. The van der Waals surface area contributed by atoms with Gasteiger partial charge >= 0.3 is 5.97 Å². The number of amides is 1. The molecule has 1 heterocycles. The molecule has 1 atom stereocenters. The molecule has 0 aliphatic heterocycles. The van der Waals surface area contributed by atoms with Gasteiger partial charge in [-0.15, -0.1) is 0 Å². The lowest BCUT2D eigenvalue weighted by atomic mass is 10.2. The summed E-state index contributed by atoms with van der Waals surface area (Å²) in [6, 6.07) is 7.84. The van der Waals surface area contributed by atoms with Gasteiger partial charge in [0, 0.05) is 11.9 Å². The monoisotopic (exact) mass is 382 g/mol. The van der Waals surface area contributed by atoms with Crippen molar-refractivity contribution in [3.63, 3.8) is 0 Å². The molecule has 0 fully saturated rings. The third kappa shape index (κ3) is 4.84. The van der Waals surface area contributed by atoms with Gasteiger partial charge in [-0.3, -0.25) is 4.79 Å². The number of nitrogens with zero attached hydrogens (tertiary/aromatic N) is 1. The van der Waals surface area contributed by atoms with Crippen molar-refractivity contribution in [2.24, 2.45) is 0 Å². The lowest BCUT2D eigenvalue weighted by molar-refractivity contribution is -0.124. The quantitative estimate of drug-likeness (QED) is 0.603. The van der Waals surface area contributed by atoms with Crippen LogP contribution in [-0.2, 0) is 9.53 Å². The first-order valence-electron chi connectivity index (χ1n) is 7.42. The molecule has 0 spiro atoms. The molecular formula is C17H16Cl2N2O4. The van der Waals surface area contributed by atoms with Gasteiger partial charge in [0.1, 0.15) is 10.9 Å². The van der Waals surface area contributed by atoms with Crippen LogP contribution in [0, 0.1) is 0 Å². The second-order valence-electron chi connectivity index (χ2n) is 4.98. The predicted molar refractivity (Wildman–Crippen MR) is 95.4 cm³/mol. The summed E-state index contributed by atoms with van der Waals surface area (Å²) < 4.78 is 10.3. The molecule has 0 saturated carbocycles. The zero-order valence-corrected chi connectivity index (χ0v) is 15.1. The van der Waals surface area contributed by atoms with Gasteiger partial charge in [-0.25, -0.2) is 9.78 Å². The van der Waals surface area contributed by atoms with E-state index in [9.17, 15) is 9.59 Å². The summed E-state index contributed by atoms with van der Waals surface area (Å²) >= 11 is 11.9. The number of carbonyl (C=O) groups is 2. The smallest absolute Gasteiger partial charge is 0.342 e. The maximum atomic E-state index is 12.3. The molecule has 1 unspecified atom stereocenters. The first-order chi connectivity index (χ1) is 12.0. The molecule has 0 aliphatic carbocycles. The summed E-state index contributed by atoms with van der Waals surface area (Å²) in [5, 5.41) is 3.02. The SMILES string of the molecule is CCC(OC(=O)c1cccnc1Cl)C(=O)Nc1ccc(OC)c(Cl)c1. The molecule has 1 aromatic carbocycles. The van der Waals surface area contributed by atoms with Crippen LogP contribution in [0.1, 0.15) is 23.7 Å². The molecule has 1 N–H and O–H groups in total. The fraction of sp³-hybridized carbons (Fsp3) is 0.235. The van der Waals surface area contributed by atoms with E-state index in [1.165, 1.54) is 19.4 Å². The van der Waals surface area contributed by atoms with Gasteiger partial charge in [-0.05, 0) is 36.8 Å². The third-order valence-electron chi connectivity index (χ3n) is 3.31. The number of esters is 1. The summed E-state index contributed by atoms with van der Waals surface area (Å²) in [4.78, 5) is 28.3. The zero-order valence-electron chi connectivity index (χ0n) is 13.6. The highest BCUT2D eigenvalue weighted by atomic mass is 35.5. The number of hydrogen-bond acceptors (Lipinski definition) is 5. The predicted octanol–water partition coefficient (Wildman–Crippen LogP) is 3.97. The highest BCUT2D eigenvalue weighted by molar-refractivity contribution is 6.32. The highest BCUT2D eigenvalue weighted by Crippen LogP contribution is 2.27. The summed E-state index contributed by atoms with van der Waals surface area (Å²) in [6.45, 7) is 1.73. The maximum Gasteiger partial charge on any atom is 0.342 e. The Kier molecular flexibility index (Phi) is 6.61. The van der Waals surface area contributed by atoms with Crippen molar-refractivity contribution in [3.05, 3.63) is 52.3 Å². The fourth-order valence-corrected chi connectivity index (χ4v) is 2.47. The van der Waals surface area contributed by atoms with Crippen molar-refractivity contribution >= 4 is 40.8 Å². The summed E-state index contributed by atoms with van der Waals surface area (Å²) in [7, 11) is 1.50. The van der Waals surface area contributed by atoms with Gasteiger partial charge in [0.15, 0.2) is 6.10 Å². The zero-order chi connectivity index (χ0) is 18.4. The Morgan fingerprint density at radius 3 is 2.64 bits per heavy atom. The molecule has 0 aliphatic rings. The second-order valence-corrected chi connectivity index (χ2v) is 5.75. The fourth-order valence-electron chi connectivity index (χ4n) is 2.02. The molecule has 2 rings (SSSR count). The second kappa shape index (κ2) is 8.69.